The zero-order chi connectivity index (χ0) is 24.2. The van der Waals surface area contributed by atoms with E-state index in [1.54, 1.807) is 35.1 Å². The van der Waals surface area contributed by atoms with Crippen LogP contribution in [0.3, 0.4) is 0 Å². The fraction of sp³-hybridized carbons (Fsp3) is 0.320. The third kappa shape index (κ3) is 3.56. The summed E-state index contributed by atoms with van der Waals surface area (Å²) < 4.78 is 15.4. The van der Waals surface area contributed by atoms with Gasteiger partial charge in [0.15, 0.2) is 5.69 Å². The monoisotopic (exact) mass is 477 g/mol. The summed E-state index contributed by atoms with van der Waals surface area (Å²) in [6.07, 6.45) is 1.89. The Morgan fingerprint density at radius 2 is 2.00 bits per heavy atom. The second-order valence-corrected chi connectivity index (χ2v) is 10.1. The van der Waals surface area contributed by atoms with Gasteiger partial charge >= 0.3 is 0 Å². The molecule has 8 nitrogen and oxygen atoms in total. The van der Waals surface area contributed by atoms with Crippen LogP contribution in [0.1, 0.15) is 36.8 Å². The van der Waals surface area contributed by atoms with Gasteiger partial charge in [-0.1, -0.05) is 0 Å². The molecular formula is C25H27N5O3S. The summed E-state index contributed by atoms with van der Waals surface area (Å²) in [5.41, 5.74) is 5.07. The fourth-order valence-electron chi connectivity index (χ4n) is 4.01. The number of thiophene rings is 1. The molecule has 1 aliphatic heterocycles. The van der Waals surface area contributed by atoms with Crippen molar-refractivity contribution in [2.75, 3.05) is 14.2 Å². The largest absolute Gasteiger partial charge is 0.496 e. The van der Waals surface area contributed by atoms with E-state index in [-0.39, 0.29) is 18.1 Å². The van der Waals surface area contributed by atoms with Crippen LogP contribution in [-0.2, 0) is 13.7 Å². The number of aryl methyl sites for hydroxylation is 1. The van der Waals surface area contributed by atoms with Crippen molar-refractivity contribution in [3.8, 4) is 39.7 Å². The van der Waals surface area contributed by atoms with Crippen molar-refractivity contribution in [2.45, 2.75) is 32.9 Å². The average molecular weight is 478 g/mol. The van der Waals surface area contributed by atoms with E-state index in [1.807, 2.05) is 73.7 Å². The third-order valence-corrected chi connectivity index (χ3v) is 6.84. The van der Waals surface area contributed by atoms with Crippen LogP contribution in [0.2, 0.25) is 0 Å². The van der Waals surface area contributed by atoms with Crippen LogP contribution in [0.25, 0.3) is 28.2 Å². The van der Waals surface area contributed by atoms with E-state index in [9.17, 15) is 4.79 Å². The first-order valence-corrected chi connectivity index (χ1v) is 11.9. The first kappa shape index (κ1) is 22.2. The molecule has 176 valence electrons. The highest BCUT2D eigenvalue weighted by Gasteiger charge is 2.34. The molecule has 0 atom stereocenters. The van der Waals surface area contributed by atoms with E-state index in [2.05, 4.69) is 5.10 Å². The minimum absolute atomic E-state index is 0.136. The summed E-state index contributed by atoms with van der Waals surface area (Å²) in [7, 11) is 5.32. The molecule has 0 spiro atoms. The standard InChI is InChI=1S/C25H27N5O3S/c1-25(2,3)29(5)24(31)22-18-13-33-21-12-20(32-6)16(19-7-9-28(4)26-19)11-17(21)23(18)30(27-22)15-8-10-34-14-15/h7-12,14H,13H2,1-6H3. The fourth-order valence-corrected chi connectivity index (χ4v) is 4.62. The second-order valence-electron chi connectivity index (χ2n) is 9.32. The zero-order valence-electron chi connectivity index (χ0n) is 20.1. The lowest BCUT2D eigenvalue weighted by atomic mass is 9.97. The normalized spacial score (nSPS) is 12.6. The highest BCUT2D eigenvalue weighted by molar-refractivity contribution is 7.08. The van der Waals surface area contributed by atoms with Crippen molar-refractivity contribution in [1.29, 1.82) is 0 Å². The van der Waals surface area contributed by atoms with Gasteiger partial charge in [0.05, 0.1) is 24.2 Å². The van der Waals surface area contributed by atoms with Gasteiger partial charge in [-0.3, -0.25) is 9.48 Å². The number of hydrogen-bond donors (Lipinski definition) is 0. The molecular weight excluding hydrogens is 450 g/mol. The molecule has 0 saturated carbocycles. The minimum atomic E-state index is -0.344. The predicted octanol–water partition coefficient (Wildman–Crippen LogP) is 4.77. The van der Waals surface area contributed by atoms with Crippen LogP contribution < -0.4 is 9.47 Å². The number of fused-ring (bicyclic) bond motifs is 3. The SMILES string of the molecule is COc1cc2c(cc1-c1ccn(C)n1)-c1c(c(C(=O)N(C)C(C)(C)C)nn1-c1ccsc1)CO2. The smallest absolute Gasteiger partial charge is 0.274 e. The Labute approximate surface area is 202 Å². The highest BCUT2D eigenvalue weighted by Crippen LogP contribution is 2.46. The molecule has 3 aromatic heterocycles. The van der Waals surface area contributed by atoms with Gasteiger partial charge in [0.1, 0.15) is 18.1 Å². The maximum absolute atomic E-state index is 13.5. The Bertz CT molecular complexity index is 1380. The Kier molecular flexibility index (Phi) is 5.24. The Morgan fingerprint density at radius 3 is 2.62 bits per heavy atom. The van der Waals surface area contributed by atoms with E-state index in [0.29, 0.717) is 17.2 Å². The second kappa shape index (κ2) is 8.02. The lowest BCUT2D eigenvalue weighted by molar-refractivity contribution is 0.0646. The molecule has 0 N–H and O–H groups in total. The number of nitrogens with zero attached hydrogens (tertiary/aromatic N) is 5. The van der Waals surface area contributed by atoms with Crippen molar-refractivity contribution in [3.05, 3.63) is 52.5 Å². The van der Waals surface area contributed by atoms with E-state index < -0.39 is 0 Å². The molecule has 4 aromatic rings. The van der Waals surface area contributed by atoms with E-state index in [0.717, 1.165) is 33.8 Å². The van der Waals surface area contributed by atoms with Gasteiger partial charge in [0.2, 0.25) is 0 Å². The Morgan fingerprint density at radius 1 is 1.21 bits per heavy atom. The lowest BCUT2D eigenvalue weighted by Gasteiger charge is -2.31. The molecule has 0 fully saturated rings. The summed E-state index contributed by atoms with van der Waals surface area (Å²) in [5, 5.41) is 13.4. The summed E-state index contributed by atoms with van der Waals surface area (Å²) in [6.45, 7) is 6.26. The van der Waals surface area contributed by atoms with Crippen LogP contribution in [-0.4, -0.2) is 50.1 Å². The van der Waals surface area contributed by atoms with Gasteiger partial charge in [-0.25, -0.2) is 4.68 Å². The van der Waals surface area contributed by atoms with E-state index in [4.69, 9.17) is 14.6 Å². The molecule has 0 saturated heterocycles. The topological polar surface area (TPSA) is 74.4 Å². The van der Waals surface area contributed by atoms with Gasteiger partial charge in [-0.05, 0) is 44.4 Å². The quantitative estimate of drug-likeness (QED) is 0.423. The van der Waals surface area contributed by atoms with Crippen molar-refractivity contribution in [3.63, 3.8) is 0 Å². The third-order valence-electron chi connectivity index (χ3n) is 6.17. The van der Waals surface area contributed by atoms with Gasteiger partial charge < -0.3 is 14.4 Å². The van der Waals surface area contributed by atoms with Gasteiger partial charge in [0.25, 0.3) is 5.91 Å². The first-order valence-electron chi connectivity index (χ1n) is 11.0. The molecule has 34 heavy (non-hydrogen) atoms. The Balaban J connectivity index is 1.75. The maximum atomic E-state index is 13.5. The lowest BCUT2D eigenvalue weighted by Crippen LogP contribution is -2.43. The average Bonchev–Trinajstić information content (AvgIpc) is 3.55. The molecule has 0 radical (unpaired) electrons. The predicted molar refractivity (Wildman–Crippen MR) is 132 cm³/mol. The number of ether oxygens (including phenoxy) is 2. The van der Waals surface area contributed by atoms with Crippen molar-refractivity contribution < 1.29 is 14.3 Å². The number of carbonyl (C=O) groups is 1. The van der Waals surface area contributed by atoms with Crippen LogP contribution in [0.4, 0.5) is 0 Å². The number of methoxy groups -OCH3 is 1. The summed E-state index contributed by atoms with van der Waals surface area (Å²) in [6, 6.07) is 7.84. The van der Waals surface area contributed by atoms with Crippen molar-refractivity contribution >= 4 is 17.2 Å². The van der Waals surface area contributed by atoms with E-state index >= 15 is 0 Å². The molecule has 0 bridgehead atoms. The van der Waals surface area contributed by atoms with Crippen LogP contribution >= 0.6 is 11.3 Å². The van der Waals surface area contributed by atoms with Crippen LogP contribution in [0.15, 0.2) is 41.2 Å². The van der Waals surface area contributed by atoms with Crippen molar-refractivity contribution in [1.82, 2.24) is 24.5 Å². The maximum Gasteiger partial charge on any atom is 0.274 e. The number of carbonyl (C=O) groups excluding carboxylic acids is 1. The molecule has 1 aliphatic rings. The van der Waals surface area contributed by atoms with Crippen LogP contribution in [0, 0.1) is 0 Å². The van der Waals surface area contributed by atoms with Gasteiger partial charge in [0, 0.05) is 54.0 Å². The molecule has 0 aliphatic carbocycles. The zero-order valence-corrected chi connectivity index (χ0v) is 20.9. The summed E-state index contributed by atoms with van der Waals surface area (Å²) in [5.74, 6) is 1.22. The molecule has 0 unspecified atom stereocenters. The van der Waals surface area contributed by atoms with Gasteiger partial charge in [-0.2, -0.15) is 21.5 Å². The van der Waals surface area contributed by atoms with E-state index in [1.165, 1.54) is 0 Å². The van der Waals surface area contributed by atoms with Gasteiger partial charge in [-0.15, -0.1) is 0 Å². The molecule has 1 aromatic carbocycles. The van der Waals surface area contributed by atoms with Crippen molar-refractivity contribution in [2.24, 2.45) is 7.05 Å². The number of hydrogen-bond acceptors (Lipinski definition) is 6. The number of aromatic nitrogens is 4. The number of amides is 1. The highest BCUT2D eigenvalue weighted by atomic mass is 32.1. The number of rotatable bonds is 4. The summed E-state index contributed by atoms with van der Waals surface area (Å²) in [4.78, 5) is 15.2. The molecule has 1 amide bonds. The Hall–Kier alpha value is -3.59. The molecule has 4 heterocycles. The van der Waals surface area contributed by atoms with Crippen LogP contribution in [0.5, 0.6) is 11.5 Å². The molecule has 9 heteroatoms. The first-order chi connectivity index (χ1) is 16.2. The minimum Gasteiger partial charge on any atom is -0.496 e. The summed E-state index contributed by atoms with van der Waals surface area (Å²) >= 11 is 1.58. The number of benzene rings is 1. The molecule has 5 rings (SSSR count).